The average molecular weight is 248 g/mol. The van der Waals surface area contributed by atoms with Gasteiger partial charge in [0.1, 0.15) is 0 Å². The molecular weight excluding hydrogens is 235 g/mol. The Labute approximate surface area is 76.8 Å². The topological polar surface area (TPSA) is 0 Å². The molecule has 0 N–H and O–H groups in total. The van der Waals surface area contributed by atoms with Gasteiger partial charge in [0.25, 0.3) is 0 Å². The minimum atomic E-state index is 1.29. The van der Waals surface area contributed by atoms with E-state index >= 15 is 0 Å². The van der Waals surface area contributed by atoms with Gasteiger partial charge in [-0.1, -0.05) is 65.9 Å². The van der Waals surface area contributed by atoms with Crippen LogP contribution in [0.2, 0.25) is 0 Å². The first kappa shape index (κ1) is 9.95. The molecule has 0 aliphatic carbocycles. The number of hydrogen-bond donors (Lipinski definition) is 0. The molecule has 56 valence electrons. The highest BCUT2D eigenvalue weighted by atomic mass is 127. The fourth-order valence-corrected chi connectivity index (χ4v) is 0.385. The van der Waals surface area contributed by atoms with Crippen molar-refractivity contribution in [2.24, 2.45) is 0 Å². The van der Waals surface area contributed by atoms with E-state index in [0.717, 1.165) is 0 Å². The Morgan fingerprint density at radius 2 is 1.10 bits per heavy atom. The molecule has 0 heterocycles. The molecule has 0 amide bonds. The number of benzene rings is 1. The predicted octanol–water partition coefficient (Wildman–Crippen LogP) is 3.52. The monoisotopic (exact) mass is 248 g/mol. The molecule has 0 spiro atoms. The molecule has 1 heteroatoms. The molecule has 1 aromatic carbocycles. The van der Waals surface area contributed by atoms with Crippen molar-refractivity contribution in [3.63, 3.8) is 0 Å². The lowest BCUT2D eigenvalue weighted by Gasteiger charge is -1.69. The van der Waals surface area contributed by atoms with Crippen LogP contribution in [0.5, 0.6) is 0 Å². The van der Waals surface area contributed by atoms with Crippen molar-refractivity contribution in [1.82, 2.24) is 0 Å². The van der Waals surface area contributed by atoms with Crippen molar-refractivity contribution in [2.75, 3.05) is 4.43 Å². The molecule has 0 aromatic heterocycles. The molecule has 0 aliphatic heterocycles. The zero-order valence-electron chi connectivity index (χ0n) is 6.26. The molecule has 1 rings (SSSR count). The smallest absolute Gasteiger partial charge is 0.000735 e. The van der Waals surface area contributed by atoms with Crippen LogP contribution in [0.1, 0.15) is 13.3 Å². The Bertz CT molecular complexity index is 96.7. The van der Waals surface area contributed by atoms with Gasteiger partial charge in [-0.25, -0.2) is 0 Å². The minimum absolute atomic E-state index is 1.29. The SMILES string of the molecule is CCCI.c1ccccc1. The Morgan fingerprint density at radius 1 is 0.900 bits per heavy atom. The van der Waals surface area contributed by atoms with Crippen LogP contribution >= 0.6 is 22.6 Å². The quantitative estimate of drug-likeness (QED) is 0.527. The van der Waals surface area contributed by atoms with E-state index in [2.05, 4.69) is 29.5 Å². The number of alkyl halides is 1. The molecule has 0 aliphatic rings. The molecule has 10 heavy (non-hydrogen) atoms. The standard InChI is InChI=1S/C6H6.C3H7I/c1-2-4-6-5-3-1;1-2-3-4/h1-6H;2-3H2,1H3. The zero-order valence-corrected chi connectivity index (χ0v) is 8.41. The molecule has 0 bridgehead atoms. The third kappa shape index (κ3) is 7.95. The van der Waals surface area contributed by atoms with E-state index in [1.165, 1.54) is 10.8 Å². The first-order chi connectivity index (χ1) is 4.91. The lowest BCUT2D eigenvalue weighted by molar-refractivity contribution is 1.13. The van der Waals surface area contributed by atoms with Gasteiger partial charge in [-0.3, -0.25) is 0 Å². The summed E-state index contributed by atoms with van der Waals surface area (Å²) in [6.07, 6.45) is 1.31. The maximum absolute atomic E-state index is 2.35. The molecular formula is C9H13I. The summed E-state index contributed by atoms with van der Waals surface area (Å²) < 4.78 is 1.29. The summed E-state index contributed by atoms with van der Waals surface area (Å²) in [5.74, 6) is 0. The van der Waals surface area contributed by atoms with Gasteiger partial charge in [0.15, 0.2) is 0 Å². The summed E-state index contributed by atoms with van der Waals surface area (Å²) in [6, 6.07) is 12.0. The van der Waals surface area contributed by atoms with Gasteiger partial charge in [0.2, 0.25) is 0 Å². The lowest BCUT2D eigenvalue weighted by atomic mass is 10.4. The second-order valence-electron chi connectivity index (χ2n) is 1.84. The maximum atomic E-state index is 2.35. The van der Waals surface area contributed by atoms with Crippen molar-refractivity contribution in [3.8, 4) is 0 Å². The van der Waals surface area contributed by atoms with Crippen LogP contribution < -0.4 is 0 Å². The third-order valence-electron chi connectivity index (χ3n) is 0.856. The molecule has 0 saturated heterocycles. The molecule has 0 unspecified atom stereocenters. The minimum Gasteiger partial charge on any atom is -0.0864 e. The average Bonchev–Trinajstić information content (AvgIpc) is 2.08. The highest BCUT2D eigenvalue weighted by Crippen LogP contribution is 1.81. The van der Waals surface area contributed by atoms with Crippen LogP contribution in [0.15, 0.2) is 36.4 Å². The zero-order chi connectivity index (χ0) is 7.66. The van der Waals surface area contributed by atoms with Gasteiger partial charge in [0.05, 0.1) is 0 Å². The molecule has 0 fully saturated rings. The fourth-order valence-electron chi connectivity index (χ4n) is 0.385. The summed E-state index contributed by atoms with van der Waals surface area (Å²) in [6.45, 7) is 2.17. The van der Waals surface area contributed by atoms with Gasteiger partial charge < -0.3 is 0 Å². The van der Waals surface area contributed by atoms with E-state index in [4.69, 9.17) is 0 Å². The van der Waals surface area contributed by atoms with Crippen LogP contribution in [-0.4, -0.2) is 4.43 Å². The second kappa shape index (κ2) is 8.95. The van der Waals surface area contributed by atoms with Crippen molar-refractivity contribution in [3.05, 3.63) is 36.4 Å². The third-order valence-corrected chi connectivity index (χ3v) is 1.93. The summed E-state index contributed by atoms with van der Waals surface area (Å²) >= 11 is 2.35. The highest BCUT2D eigenvalue weighted by Gasteiger charge is 1.58. The van der Waals surface area contributed by atoms with Crippen molar-refractivity contribution in [2.45, 2.75) is 13.3 Å². The van der Waals surface area contributed by atoms with Crippen LogP contribution in [-0.2, 0) is 0 Å². The Morgan fingerprint density at radius 3 is 1.20 bits per heavy atom. The molecule has 0 radical (unpaired) electrons. The van der Waals surface area contributed by atoms with Gasteiger partial charge in [-0.15, -0.1) is 0 Å². The Hall–Kier alpha value is -0.0500. The van der Waals surface area contributed by atoms with Gasteiger partial charge >= 0.3 is 0 Å². The van der Waals surface area contributed by atoms with Gasteiger partial charge in [-0.05, 0) is 10.8 Å². The molecule has 0 nitrogen and oxygen atoms in total. The van der Waals surface area contributed by atoms with Crippen molar-refractivity contribution in [1.29, 1.82) is 0 Å². The summed E-state index contributed by atoms with van der Waals surface area (Å²) in [5.41, 5.74) is 0. The number of rotatable bonds is 1. The lowest BCUT2D eigenvalue weighted by Crippen LogP contribution is -1.54. The van der Waals surface area contributed by atoms with E-state index < -0.39 is 0 Å². The maximum Gasteiger partial charge on any atom is -0.000735 e. The van der Waals surface area contributed by atoms with Crippen molar-refractivity contribution < 1.29 is 0 Å². The van der Waals surface area contributed by atoms with E-state index in [1.807, 2.05) is 36.4 Å². The fraction of sp³-hybridized carbons (Fsp3) is 0.333. The van der Waals surface area contributed by atoms with Crippen LogP contribution in [0.4, 0.5) is 0 Å². The van der Waals surface area contributed by atoms with Gasteiger partial charge in [-0.2, -0.15) is 0 Å². The molecule has 1 aromatic rings. The Balaban J connectivity index is 0.000000180. The largest absolute Gasteiger partial charge is 0.0864 e. The highest BCUT2D eigenvalue weighted by molar-refractivity contribution is 14.1. The van der Waals surface area contributed by atoms with E-state index in [-0.39, 0.29) is 0 Å². The van der Waals surface area contributed by atoms with Crippen molar-refractivity contribution >= 4 is 22.6 Å². The summed E-state index contributed by atoms with van der Waals surface area (Å²) in [7, 11) is 0. The van der Waals surface area contributed by atoms with Crippen LogP contribution in [0.3, 0.4) is 0 Å². The first-order valence-electron chi connectivity index (χ1n) is 3.47. The summed E-state index contributed by atoms with van der Waals surface area (Å²) in [5, 5.41) is 0. The van der Waals surface area contributed by atoms with E-state index in [1.54, 1.807) is 0 Å². The van der Waals surface area contributed by atoms with E-state index in [0.29, 0.717) is 0 Å². The van der Waals surface area contributed by atoms with Gasteiger partial charge in [0, 0.05) is 0 Å². The van der Waals surface area contributed by atoms with E-state index in [9.17, 15) is 0 Å². The first-order valence-corrected chi connectivity index (χ1v) is 5.00. The summed E-state index contributed by atoms with van der Waals surface area (Å²) in [4.78, 5) is 0. The van der Waals surface area contributed by atoms with Crippen LogP contribution in [0, 0.1) is 0 Å². The molecule has 0 atom stereocenters. The number of hydrogen-bond acceptors (Lipinski definition) is 0. The Kier molecular flexibility index (Phi) is 8.91. The second-order valence-corrected chi connectivity index (χ2v) is 2.92. The number of halogens is 1. The van der Waals surface area contributed by atoms with Crippen LogP contribution in [0.25, 0.3) is 0 Å². The molecule has 0 saturated carbocycles. The predicted molar refractivity (Wildman–Crippen MR) is 55.6 cm³/mol. The normalized spacial score (nSPS) is 7.80.